The van der Waals surface area contributed by atoms with Gasteiger partial charge in [0.1, 0.15) is 11.6 Å². The zero-order chi connectivity index (χ0) is 24.2. The topological polar surface area (TPSA) is 108 Å². The Labute approximate surface area is 195 Å². The first-order valence-corrected chi connectivity index (χ1v) is 11.5. The lowest BCUT2D eigenvalue weighted by Gasteiger charge is -2.18. The summed E-state index contributed by atoms with van der Waals surface area (Å²) < 4.78 is 40.6. The molecule has 8 nitrogen and oxygen atoms in total. The van der Waals surface area contributed by atoms with Crippen molar-refractivity contribution in [2.45, 2.75) is 11.8 Å². The van der Waals surface area contributed by atoms with Crippen LogP contribution in [0.15, 0.2) is 65.7 Å². The third kappa shape index (κ3) is 6.27. The minimum absolute atomic E-state index is 0.0337. The van der Waals surface area contributed by atoms with Gasteiger partial charge in [0, 0.05) is 18.8 Å². The van der Waals surface area contributed by atoms with Gasteiger partial charge in [-0.2, -0.15) is 0 Å². The molecule has 2 amide bonds. The van der Waals surface area contributed by atoms with E-state index >= 15 is 0 Å². The van der Waals surface area contributed by atoms with Crippen LogP contribution in [0.5, 0.6) is 0 Å². The van der Waals surface area contributed by atoms with Gasteiger partial charge in [-0.05, 0) is 67.1 Å². The van der Waals surface area contributed by atoms with E-state index in [4.69, 9.17) is 11.6 Å². The molecule has 0 fully saturated rings. The van der Waals surface area contributed by atoms with Crippen LogP contribution < -0.4 is 10.0 Å². The lowest BCUT2D eigenvalue weighted by molar-refractivity contribution is -0.116. The highest BCUT2D eigenvalue weighted by atomic mass is 35.5. The van der Waals surface area contributed by atoms with Gasteiger partial charge < -0.3 is 10.2 Å². The quantitative estimate of drug-likeness (QED) is 0.525. The van der Waals surface area contributed by atoms with Crippen LogP contribution in [0.25, 0.3) is 0 Å². The Hall–Kier alpha value is -3.50. The monoisotopic (exact) mass is 490 g/mol. The van der Waals surface area contributed by atoms with Gasteiger partial charge in [0.25, 0.3) is 15.9 Å². The van der Waals surface area contributed by atoms with Crippen molar-refractivity contribution < 1.29 is 22.4 Å². The number of halogens is 2. The number of rotatable bonds is 7. The Kier molecular flexibility index (Phi) is 7.29. The largest absolute Gasteiger partial charge is 0.332 e. The van der Waals surface area contributed by atoms with E-state index in [0.717, 1.165) is 29.8 Å². The average Bonchev–Trinajstić information content (AvgIpc) is 2.75. The Morgan fingerprint density at radius 3 is 2.45 bits per heavy atom. The smallest absolute Gasteiger partial charge is 0.261 e. The minimum atomic E-state index is -4.07. The normalized spacial score (nSPS) is 11.0. The van der Waals surface area contributed by atoms with Crippen molar-refractivity contribution in [3.63, 3.8) is 0 Å². The molecule has 2 N–H and O–H groups in total. The van der Waals surface area contributed by atoms with E-state index < -0.39 is 27.7 Å². The molecule has 0 saturated carbocycles. The van der Waals surface area contributed by atoms with Crippen molar-refractivity contribution in [1.29, 1.82) is 0 Å². The number of anilines is 2. The van der Waals surface area contributed by atoms with E-state index in [1.807, 2.05) is 6.92 Å². The molecule has 172 valence electrons. The first-order chi connectivity index (χ1) is 15.5. The molecule has 0 radical (unpaired) electrons. The average molecular weight is 491 g/mol. The van der Waals surface area contributed by atoms with E-state index in [-0.39, 0.29) is 27.7 Å². The predicted molar refractivity (Wildman–Crippen MR) is 123 cm³/mol. The highest BCUT2D eigenvalue weighted by Crippen LogP contribution is 2.26. The van der Waals surface area contributed by atoms with Crippen LogP contribution in [0.1, 0.15) is 15.9 Å². The molecule has 0 aliphatic rings. The molecule has 2 aromatic carbocycles. The summed E-state index contributed by atoms with van der Waals surface area (Å²) in [6.45, 7) is 1.60. The summed E-state index contributed by atoms with van der Waals surface area (Å²) in [6, 6.07) is 11.8. The number of carbonyl (C=O) groups excluding carboxylic acids is 2. The maximum atomic E-state index is 13.1. The van der Waals surface area contributed by atoms with Crippen LogP contribution in [0.4, 0.5) is 15.9 Å². The number of amides is 2. The first kappa shape index (κ1) is 24.1. The van der Waals surface area contributed by atoms with Crippen molar-refractivity contribution in [2.75, 3.05) is 23.6 Å². The van der Waals surface area contributed by atoms with Gasteiger partial charge in [-0.25, -0.2) is 17.8 Å². The number of nitrogens with zero attached hydrogens (tertiary/aromatic N) is 2. The maximum Gasteiger partial charge on any atom is 0.261 e. The second-order valence-electron chi connectivity index (χ2n) is 7.18. The van der Waals surface area contributed by atoms with Crippen molar-refractivity contribution in [3.8, 4) is 0 Å². The molecule has 1 aromatic heterocycles. The molecule has 0 aliphatic carbocycles. The van der Waals surface area contributed by atoms with Crippen molar-refractivity contribution in [3.05, 3.63) is 82.8 Å². The number of aromatic nitrogens is 1. The summed E-state index contributed by atoms with van der Waals surface area (Å²) in [7, 11) is -2.64. The molecule has 0 saturated heterocycles. The highest BCUT2D eigenvalue weighted by Gasteiger charge is 2.20. The van der Waals surface area contributed by atoms with Gasteiger partial charge in [0.15, 0.2) is 0 Å². The molecule has 11 heteroatoms. The Balaban J connectivity index is 1.72. The summed E-state index contributed by atoms with van der Waals surface area (Å²) >= 11 is 6.10. The van der Waals surface area contributed by atoms with Crippen molar-refractivity contribution in [2.24, 2.45) is 0 Å². The number of hydrogen-bond acceptors (Lipinski definition) is 5. The zero-order valence-corrected chi connectivity index (χ0v) is 19.2. The Morgan fingerprint density at radius 2 is 1.79 bits per heavy atom. The molecule has 1 heterocycles. The fraction of sp³-hybridized carbons (Fsp3) is 0.136. The molecular weight excluding hydrogens is 471 g/mol. The molecule has 0 unspecified atom stereocenters. The van der Waals surface area contributed by atoms with Crippen LogP contribution in [-0.4, -0.2) is 43.7 Å². The van der Waals surface area contributed by atoms with E-state index in [1.54, 1.807) is 18.3 Å². The van der Waals surface area contributed by atoms with Crippen LogP contribution >= 0.6 is 11.6 Å². The number of sulfonamides is 1. The zero-order valence-electron chi connectivity index (χ0n) is 17.7. The van der Waals surface area contributed by atoms with E-state index in [1.165, 1.54) is 30.1 Å². The summed E-state index contributed by atoms with van der Waals surface area (Å²) in [5, 5.41) is 2.67. The predicted octanol–water partition coefficient (Wildman–Crippen LogP) is 3.69. The van der Waals surface area contributed by atoms with Crippen LogP contribution in [-0.2, 0) is 14.8 Å². The molecule has 0 spiro atoms. The second kappa shape index (κ2) is 9.97. The minimum Gasteiger partial charge on any atom is -0.332 e. The number of benzene rings is 2. The number of likely N-dealkylation sites (N-methyl/N-ethyl adjacent to an activating group) is 1. The van der Waals surface area contributed by atoms with Crippen molar-refractivity contribution in [1.82, 2.24) is 9.88 Å². The fourth-order valence-electron chi connectivity index (χ4n) is 2.85. The molecular formula is C22H20ClFN4O4S. The summed E-state index contributed by atoms with van der Waals surface area (Å²) in [6.07, 6.45) is 1.56. The molecule has 3 aromatic rings. The molecule has 33 heavy (non-hydrogen) atoms. The number of hydrogen-bond donors (Lipinski definition) is 2. The van der Waals surface area contributed by atoms with Crippen LogP contribution in [0.2, 0.25) is 5.02 Å². The number of nitrogens with one attached hydrogen (secondary N) is 2. The van der Waals surface area contributed by atoms with Crippen LogP contribution in [0.3, 0.4) is 0 Å². The number of aryl methyl sites for hydroxylation is 1. The molecule has 0 bridgehead atoms. The lowest BCUT2D eigenvalue weighted by Crippen LogP contribution is -2.35. The summed E-state index contributed by atoms with van der Waals surface area (Å²) in [5.41, 5.74) is 0.996. The number of carbonyl (C=O) groups is 2. The molecule has 3 rings (SSSR count). The highest BCUT2D eigenvalue weighted by molar-refractivity contribution is 7.92. The van der Waals surface area contributed by atoms with Gasteiger partial charge in [-0.15, -0.1) is 0 Å². The fourth-order valence-corrected chi connectivity index (χ4v) is 4.14. The standard InChI is InChI=1S/C22H20ClFN4O4S/c1-14-9-10-25-20(11-14)26-21(29)13-28(2)22(30)15-3-8-18(23)19(12-15)27-33(31,32)17-6-4-16(24)5-7-17/h3-12,27H,13H2,1-2H3,(H,25,26,29). The summed E-state index contributed by atoms with van der Waals surface area (Å²) in [5.74, 6) is -1.19. The number of pyridine rings is 1. The van der Waals surface area contributed by atoms with Gasteiger partial charge in [0.2, 0.25) is 5.91 Å². The lowest BCUT2D eigenvalue weighted by atomic mass is 10.2. The van der Waals surface area contributed by atoms with Gasteiger partial charge in [0.05, 0.1) is 22.2 Å². The third-order valence-corrected chi connectivity index (χ3v) is 6.20. The molecule has 0 aliphatic heterocycles. The maximum absolute atomic E-state index is 13.1. The van der Waals surface area contributed by atoms with Gasteiger partial charge in [-0.1, -0.05) is 11.6 Å². The summed E-state index contributed by atoms with van der Waals surface area (Å²) in [4.78, 5) is 30.1. The van der Waals surface area contributed by atoms with Gasteiger partial charge >= 0.3 is 0 Å². The van der Waals surface area contributed by atoms with E-state index in [0.29, 0.717) is 5.82 Å². The first-order valence-electron chi connectivity index (χ1n) is 9.61. The SMILES string of the molecule is Cc1ccnc(NC(=O)CN(C)C(=O)c2ccc(Cl)c(NS(=O)(=O)c3ccc(F)cc3)c2)c1. The Bertz CT molecular complexity index is 1300. The van der Waals surface area contributed by atoms with Crippen LogP contribution in [0, 0.1) is 12.7 Å². The Morgan fingerprint density at radius 1 is 1.09 bits per heavy atom. The third-order valence-electron chi connectivity index (χ3n) is 4.49. The van der Waals surface area contributed by atoms with Gasteiger partial charge in [-0.3, -0.25) is 14.3 Å². The van der Waals surface area contributed by atoms with E-state index in [2.05, 4.69) is 15.0 Å². The second-order valence-corrected chi connectivity index (χ2v) is 9.27. The van der Waals surface area contributed by atoms with E-state index in [9.17, 15) is 22.4 Å². The molecule has 0 atom stereocenters. The van der Waals surface area contributed by atoms with Crippen molar-refractivity contribution >= 4 is 44.9 Å².